The summed E-state index contributed by atoms with van der Waals surface area (Å²) in [6.45, 7) is 0.131. The van der Waals surface area contributed by atoms with Gasteiger partial charge in [-0.25, -0.2) is 0 Å². The van der Waals surface area contributed by atoms with Crippen LogP contribution in [0.2, 0.25) is 5.02 Å². The first-order chi connectivity index (χ1) is 8.92. The molecule has 2 nitrogen and oxygen atoms in total. The highest BCUT2D eigenvalue weighted by Crippen LogP contribution is 2.22. The third-order valence-corrected chi connectivity index (χ3v) is 3.42. The van der Waals surface area contributed by atoms with Gasteiger partial charge in [0, 0.05) is 29.8 Å². The average Bonchev–Trinajstić information content (AvgIpc) is 2.30. The van der Waals surface area contributed by atoms with Crippen LogP contribution in [0, 0.1) is 0 Å². The molecule has 1 fully saturated rings. The summed E-state index contributed by atoms with van der Waals surface area (Å²) in [6, 6.07) is 7.59. The molecule has 6 heteroatoms. The van der Waals surface area contributed by atoms with Gasteiger partial charge in [-0.2, -0.15) is 13.2 Å². The van der Waals surface area contributed by atoms with Gasteiger partial charge in [-0.3, -0.25) is 4.90 Å². The highest BCUT2D eigenvalue weighted by Gasteiger charge is 2.32. The Hall–Kier alpha value is -0.940. The first-order valence-electron chi connectivity index (χ1n) is 6.23. The Bertz CT molecular complexity index is 415. The number of hydrogen-bond acceptors (Lipinski definition) is 2. The summed E-state index contributed by atoms with van der Waals surface area (Å²) >= 11 is 5.89. The number of halogens is 4. The van der Waals surface area contributed by atoms with E-state index in [1.807, 2.05) is 18.2 Å². The monoisotopic (exact) mass is 292 g/mol. The normalized spacial score (nSPS) is 18.5. The Balaban J connectivity index is 1.80. The molecule has 0 spiro atoms. The molecular weight excluding hydrogens is 277 g/mol. The van der Waals surface area contributed by atoms with Gasteiger partial charge in [0.2, 0.25) is 0 Å². The number of nitrogens with zero attached hydrogens (tertiary/aromatic N) is 1. The molecule has 1 aromatic carbocycles. The van der Waals surface area contributed by atoms with Gasteiger partial charge in [0.05, 0.1) is 6.54 Å². The molecule has 0 unspecified atom stereocenters. The van der Waals surface area contributed by atoms with E-state index in [9.17, 15) is 13.2 Å². The van der Waals surface area contributed by atoms with Gasteiger partial charge in [-0.1, -0.05) is 17.7 Å². The summed E-state index contributed by atoms with van der Waals surface area (Å²) in [5, 5.41) is 3.97. The second kappa shape index (κ2) is 6.01. The van der Waals surface area contributed by atoms with Crippen LogP contribution in [0.25, 0.3) is 0 Å². The van der Waals surface area contributed by atoms with E-state index in [-0.39, 0.29) is 6.04 Å². The number of likely N-dealkylation sites (tertiary alicyclic amines) is 1. The molecule has 1 N–H and O–H groups in total. The Morgan fingerprint density at radius 2 is 1.95 bits per heavy atom. The van der Waals surface area contributed by atoms with E-state index in [2.05, 4.69) is 5.32 Å². The molecule has 1 aliphatic rings. The Morgan fingerprint density at radius 1 is 1.26 bits per heavy atom. The van der Waals surface area contributed by atoms with Crippen LogP contribution in [0.15, 0.2) is 24.3 Å². The van der Waals surface area contributed by atoms with Crippen LogP contribution in [0.1, 0.15) is 12.8 Å². The van der Waals surface area contributed by atoms with Crippen molar-refractivity contribution in [2.75, 3.05) is 25.0 Å². The molecule has 1 aromatic rings. The number of alkyl halides is 3. The van der Waals surface area contributed by atoms with E-state index in [0.717, 1.165) is 5.69 Å². The molecule has 1 saturated heterocycles. The van der Waals surface area contributed by atoms with Crippen LogP contribution in [0.3, 0.4) is 0 Å². The van der Waals surface area contributed by atoms with Crippen LogP contribution >= 0.6 is 11.6 Å². The fraction of sp³-hybridized carbons (Fsp3) is 0.538. The van der Waals surface area contributed by atoms with Crippen LogP contribution in [0.5, 0.6) is 0 Å². The number of rotatable bonds is 3. The quantitative estimate of drug-likeness (QED) is 0.912. The Labute approximate surface area is 115 Å². The lowest BCUT2D eigenvalue weighted by molar-refractivity contribution is -0.147. The lowest BCUT2D eigenvalue weighted by atomic mass is 10.0. The molecule has 1 heterocycles. The minimum absolute atomic E-state index is 0.211. The topological polar surface area (TPSA) is 15.3 Å². The van der Waals surface area contributed by atoms with Crippen LogP contribution in [-0.2, 0) is 0 Å². The summed E-state index contributed by atoms with van der Waals surface area (Å²) in [5.74, 6) is 0. The zero-order valence-corrected chi connectivity index (χ0v) is 11.1. The molecule has 1 aliphatic heterocycles. The minimum Gasteiger partial charge on any atom is -0.382 e. The Kier molecular flexibility index (Phi) is 4.58. The zero-order valence-electron chi connectivity index (χ0n) is 10.4. The molecule has 19 heavy (non-hydrogen) atoms. The van der Waals surface area contributed by atoms with Crippen LogP contribution in [0.4, 0.5) is 18.9 Å². The molecule has 2 rings (SSSR count). The molecule has 0 aromatic heterocycles. The maximum absolute atomic E-state index is 12.3. The molecule has 0 atom stereocenters. The predicted molar refractivity (Wildman–Crippen MR) is 70.6 cm³/mol. The second-order valence-electron chi connectivity index (χ2n) is 4.82. The Morgan fingerprint density at radius 3 is 2.53 bits per heavy atom. The number of nitrogens with one attached hydrogen (secondary N) is 1. The maximum atomic E-state index is 12.3. The molecule has 0 bridgehead atoms. The maximum Gasteiger partial charge on any atom is 0.401 e. The van der Waals surface area contributed by atoms with E-state index in [0.29, 0.717) is 31.0 Å². The summed E-state index contributed by atoms with van der Waals surface area (Å²) in [7, 11) is 0. The van der Waals surface area contributed by atoms with Crippen molar-refractivity contribution in [3.05, 3.63) is 29.3 Å². The van der Waals surface area contributed by atoms with Gasteiger partial charge in [-0.05, 0) is 31.0 Å². The van der Waals surface area contributed by atoms with Gasteiger partial charge >= 0.3 is 6.18 Å². The van der Waals surface area contributed by atoms with Crippen molar-refractivity contribution < 1.29 is 13.2 Å². The summed E-state index contributed by atoms with van der Waals surface area (Å²) in [5.41, 5.74) is 0.918. The van der Waals surface area contributed by atoms with Gasteiger partial charge in [0.25, 0.3) is 0 Å². The lowest BCUT2D eigenvalue weighted by Gasteiger charge is -2.33. The molecule has 106 valence electrons. The van der Waals surface area contributed by atoms with Gasteiger partial charge < -0.3 is 5.32 Å². The van der Waals surface area contributed by atoms with Crippen LogP contribution in [-0.4, -0.2) is 36.8 Å². The summed E-state index contributed by atoms with van der Waals surface area (Å²) in [4.78, 5) is 1.45. The number of piperidine rings is 1. The third-order valence-electron chi connectivity index (χ3n) is 3.19. The van der Waals surface area contributed by atoms with Crippen molar-refractivity contribution in [2.45, 2.75) is 25.1 Å². The number of benzene rings is 1. The fourth-order valence-corrected chi connectivity index (χ4v) is 2.49. The average molecular weight is 293 g/mol. The van der Waals surface area contributed by atoms with Gasteiger partial charge in [0.1, 0.15) is 0 Å². The van der Waals surface area contributed by atoms with E-state index in [4.69, 9.17) is 11.6 Å². The first kappa shape index (κ1) is 14.5. The molecule has 0 saturated carbocycles. The van der Waals surface area contributed by atoms with Crippen molar-refractivity contribution in [1.29, 1.82) is 0 Å². The van der Waals surface area contributed by atoms with Crippen molar-refractivity contribution in [3.8, 4) is 0 Å². The van der Waals surface area contributed by atoms with E-state index < -0.39 is 12.7 Å². The molecule has 0 radical (unpaired) electrons. The van der Waals surface area contributed by atoms with Crippen LogP contribution < -0.4 is 5.32 Å². The standard InChI is InChI=1S/C13H16ClF3N2/c14-10-2-1-3-12(8-10)18-11-4-6-19(7-5-11)9-13(15,16)17/h1-3,8,11,18H,4-7,9H2. The van der Waals surface area contributed by atoms with E-state index in [1.165, 1.54) is 4.90 Å². The second-order valence-corrected chi connectivity index (χ2v) is 5.26. The highest BCUT2D eigenvalue weighted by molar-refractivity contribution is 6.30. The number of anilines is 1. The van der Waals surface area contributed by atoms with E-state index >= 15 is 0 Å². The van der Waals surface area contributed by atoms with Crippen molar-refractivity contribution in [1.82, 2.24) is 4.90 Å². The van der Waals surface area contributed by atoms with Gasteiger partial charge in [-0.15, -0.1) is 0 Å². The lowest BCUT2D eigenvalue weighted by Crippen LogP contribution is -2.43. The summed E-state index contributed by atoms with van der Waals surface area (Å²) in [6.07, 6.45) is -2.68. The van der Waals surface area contributed by atoms with Gasteiger partial charge in [0.15, 0.2) is 0 Å². The third kappa shape index (κ3) is 4.91. The highest BCUT2D eigenvalue weighted by atomic mass is 35.5. The van der Waals surface area contributed by atoms with E-state index in [1.54, 1.807) is 6.07 Å². The molecule has 0 amide bonds. The first-order valence-corrected chi connectivity index (χ1v) is 6.61. The van der Waals surface area contributed by atoms with Crippen molar-refractivity contribution in [3.63, 3.8) is 0 Å². The predicted octanol–water partition coefficient (Wildman–Crippen LogP) is 3.78. The fourth-order valence-electron chi connectivity index (χ4n) is 2.30. The largest absolute Gasteiger partial charge is 0.401 e. The zero-order chi connectivity index (χ0) is 13.9. The number of hydrogen-bond donors (Lipinski definition) is 1. The smallest absolute Gasteiger partial charge is 0.382 e. The summed E-state index contributed by atoms with van der Waals surface area (Å²) < 4.78 is 36.8. The molecule has 0 aliphatic carbocycles. The molecular formula is C13H16ClF3N2. The van der Waals surface area contributed by atoms with Crippen molar-refractivity contribution in [2.24, 2.45) is 0 Å². The van der Waals surface area contributed by atoms with Crippen molar-refractivity contribution >= 4 is 17.3 Å². The SMILES string of the molecule is FC(F)(F)CN1CCC(Nc2cccc(Cl)c2)CC1. The minimum atomic E-state index is -4.10.